The van der Waals surface area contributed by atoms with Crippen LogP contribution in [0.25, 0.3) is 11.6 Å². The van der Waals surface area contributed by atoms with Gasteiger partial charge in [0, 0.05) is 56.2 Å². The molecule has 8 nitrogen and oxygen atoms in total. The lowest BCUT2D eigenvalue weighted by Gasteiger charge is -2.15. The first-order chi connectivity index (χ1) is 18.1. The second-order valence-electron chi connectivity index (χ2n) is 9.64. The van der Waals surface area contributed by atoms with Crippen LogP contribution in [0.15, 0.2) is 41.3 Å². The van der Waals surface area contributed by atoms with Crippen molar-refractivity contribution in [1.82, 2.24) is 9.88 Å². The summed E-state index contributed by atoms with van der Waals surface area (Å²) < 4.78 is 13.2. The number of benzene rings is 2. The van der Waals surface area contributed by atoms with E-state index in [0.717, 1.165) is 22.5 Å². The third kappa shape index (κ3) is 5.83. The van der Waals surface area contributed by atoms with E-state index in [2.05, 4.69) is 10.3 Å². The van der Waals surface area contributed by atoms with Crippen molar-refractivity contribution >= 4 is 63.2 Å². The predicted octanol–water partition coefficient (Wildman–Crippen LogP) is 4.05. The van der Waals surface area contributed by atoms with Gasteiger partial charge < -0.3 is 25.8 Å². The molecule has 1 fully saturated rings. The minimum Gasteiger partial charge on any atom is -0.412 e. The molecule has 1 unspecified atom stereocenters. The number of nitrogens with one attached hydrogen (secondary N) is 2. The van der Waals surface area contributed by atoms with Crippen LogP contribution in [-0.4, -0.2) is 55.7 Å². The molecule has 1 saturated heterocycles. The first-order valence-corrected chi connectivity index (χ1v) is 14.3. The van der Waals surface area contributed by atoms with E-state index in [9.17, 15) is 18.9 Å². The fourth-order valence-electron chi connectivity index (χ4n) is 4.94. The van der Waals surface area contributed by atoms with Gasteiger partial charge in [0.15, 0.2) is 0 Å². The number of amides is 2. The van der Waals surface area contributed by atoms with E-state index in [0.29, 0.717) is 56.8 Å². The summed E-state index contributed by atoms with van der Waals surface area (Å²) in [4.78, 5) is 31.2. The predicted molar refractivity (Wildman–Crippen MR) is 154 cm³/mol. The Morgan fingerprint density at radius 2 is 1.90 bits per heavy atom. The standard InChI is InChI=1S/C28H27Cl2N3O4S.H2O/c1-15-19(12-27(35)33-9-8-17(34)13-33)16(2)31-26(15)11-21-20-10-18(6-7-25(20)32-28(21)36)38(37)14-22-23(29)4-3-5-24(22)30;/h3-7,10-11,17,31,34H,8-9,12-14H2,1-2H3,(H,32,36);1H2/b21-11-;/t17-,38?;/m1./s1. The third-order valence-corrected chi connectivity index (χ3v) is 9.18. The largest absolute Gasteiger partial charge is 0.412 e. The minimum absolute atomic E-state index is 0. The zero-order valence-electron chi connectivity index (χ0n) is 21.4. The number of fused-ring (bicyclic) bond motifs is 1. The molecule has 206 valence electrons. The van der Waals surface area contributed by atoms with Crippen molar-refractivity contribution in [2.75, 3.05) is 18.4 Å². The van der Waals surface area contributed by atoms with Gasteiger partial charge in [-0.05, 0) is 67.8 Å². The zero-order chi connectivity index (χ0) is 27.1. The van der Waals surface area contributed by atoms with Crippen LogP contribution in [0.2, 0.25) is 10.0 Å². The highest BCUT2D eigenvalue weighted by Gasteiger charge is 2.28. The monoisotopic (exact) mass is 589 g/mol. The normalized spacial score (nSPS) is 18.2. The fourth-order valence-corrected chi connectivity index (χ4v) is 6.84. The Morgan fingerprint density at radius 3 is 2.56 bits per heavy atom. The second-order valence-corrected chi connectivity index (χ2v) is 11.9. The highest BCUT2D eigenvalue weighted by molar-refractivity contribution is 7.84. The molecule has 3 aromatic rings. The van der Waals surface area contributed by atoms with Crippen LogP contribution in [0.1, 0.15) is 40.1 Å². The Balaban J connectivity index is 0.00000353. The van der Waals surface area contributed by atoms with Gasteiger partial charge in [-0.2, -0.15) is 0 Å². The Morgan fingerprint density at radius 1 is 1.18 bits per heavy atom. The van der Waals surface area contributed by atoms with Crippen LogP contribution in [-0.2, 0) is 32.6 Å². The van der Waals surface area contributed by atoms with Crippen LogP contribution >= 0.6 is 23.2 Å². The number of rotatable bonds is 6. The van der Waals surface area contributed by atoms with Gasteiger partial charge in [-0.25, -0.2) is 0 Å². The lowest BCUT2D eigenvalue weighted by atomic mass is 10.0. The van der Waals surface area contributed by atoms with E-state index in [1.165, 1.54) is 0 Å². The Kier molecular flexibility index (Phi) is 8.68. The average molecular weight is 591 g/mol. The summed E-state index contributed by atoms with van der Waals surface area (Å²) in [6, 6.07) is 10.4. The van der Waals surface area contributed by atoms with Gasteiger partial charge in [0.05, 0.1) is 34.7 Å². The van der Waals surface area contributed by atoms with Gasteiger partial charge in [0.25, 0.3) is 5.91 Å². The Labute approximate surface area is 238 Å². The number of likely N-dealkylation sites (tertiary alicyclic amines) is 1. The number of aromatic nitrogens is 1. The number of aryl methyl sites for hydroxylation is 1. The first kappa shape index (κ1) is 29.0. The molecule has 2 aromatic carbocycles. The van der Waals surface area contributed by atoms with Gasteiger partial charge >= 0.3 is 0 Å². The van der Waals surface area contributed by atoms with Crippen LogP contribution in [0.3, 0.4) is 0 Å². The van der Waals surface area contributed by atoms with Gasteiger partial charge in [-0.3, -0.25) is 13.8 Å². The lowest BCUT2D eigenvalue weighted by molar-refractivity contribution is -0.129. The third-order valence-electron chi connectivity index (χ3n) is 7.14. The molecule has 0 spiro atoms. The average Bonchev–Trinajstić information content (AvgIpc) is 3.53. The minimum atomic E-state index is -1.44. The van der Waals surface area contributed by atoms with Crippen molar-refractivity contribution in [2.24, 2.45) is 0 Å². The molecule has 39 heavy (non-hydrogen) atoms. The smallest absolute Gasteiger partial charge is 0.256 e. The van der Waals surface area contributed by atoms with Crippen LogP contribution in [0, 0.1) is 13.8 Å². The maximum atomic E-state index is 13.2. The molecule has 3 heterocycles. The second kappa shape index (κ2) is 11.7. The summed E-state index contributed by atoms with van der Waals surface area (Å²) in [5, 5.41) is 13.5. The van der Waals surface area contributed by atoms with Crippen LogP contribution < -0.4 is 5.32 Å². The number of H-pyrrole nitrogens is 1. The molecule has 2 aliphatic heterocycles. The van der Waals surface area contributed by atoms with Gasteiger partial charge in [-0.1, -0.05) is 29.3 Å². The molecule has 5 N–H and O–H groups in total. The molecular weight excluding hydrogens is 561 g/mol. The highest BCUT2D eigenvalue weighted by atomic mass is 35.5. The number of hydrogen-bond acceptors (Lipinski definition) is 4. The number of aliphatic hydroxyl groups excluding tert-OH is 1. The summed E-state index contributed by atoms with van der Waals surface area (Å²) >= 11 is 12.5. The van der Waals surface area contributed by atoms with E-state index in [-0.39, 0.29) is 29.5 Å². The molecule has 0 aliphatic carbocycles. The summed E-state index contributed by atoms with van der Waals surface area (Å²) in [5.74, 6) is -0.133. The van der Waals surface area contributed by atoms with Crippen molar-refractivity contribution in [1.29, 1.82) is 0 Å². The van der Waals surface area contributed by atoms with E-state index in [4.69, 9.17) is 23.2 Å². The molecule has 1 aromatic heterocycles. The number of halogens is 2. The Hall–Kier alpha value is -2.95. The fraction of sp³-hybridized carbons (Fsp3) is 0.286. The SMILES string of the molecule is Cc1[nH]c(/C=C2\C(=O)Nc3ccc(S(=O)Cc4c(Cl)cccc4Cl)cc32)c(C)c1CC(=O)N1CC[C@@H](O)C1.O. The van der Waals surface area contributed by atoms with Crippen LogP contribution in [0.5, 0.6) is 0 Å². The summed E-state index contributed by atoms with van der Waals surface area (Å²) in [6.07, 6.45) is 2.13. The zero-order valence-corrected chi connectivity index (χ0v) is 23.8. The van der Waals surface area contributed by atoms with Gasteiger partial charge in [0.1, 0.15) is 0 Å². The van der Waals surface area contributed by atoms with Crippen molar-refractivity contribution in [3.8, 4) is 0 Å². The molecule has 0 bridgehead atoms. The molecule has 11 heteroatoms. The van der Waals surface area contributed by atoms with Gasteiger partial charge in [0.2, 0.25) is 5.91 Å². The number of carbonyl (C=O) groups is 2. The molecule has 2 amide bonds. The molecular formula is C28H29Cl2N3O5S. The number of anilines is 1. The van der Waals surface area contributed by atoms with E-state index >= 15 is 0 Å². The van der Waals surface area contributed by atoms with Crippen molar-refractivity contribution in [3.05, 3.63) is 80.1 Å². The van der Waals surface area contributed by atoms with Crippen molar-refractivity contribution in [2.45, 2.75) is 43.4 Å². The van der Waals surface area contributed by atoms with E-state index < -0.39 is 16.9 Å². The number of aliphatic hydroxyl groups is 1. The van der Waals surface area contributed by atoms with Crippen molar-refractivity contribution < 1.29 is 24.4 Å². The maximum absolute atomic E-state index is 13.2. The van der Waals surface area contributed by atoms with E-state index in [1.54, 1.807) is 47.4 Å². The Bertz CT molecular complexity index is 1500. The molecule has 2 atom stereocenters. The highest BCUT2D eigenvalue weighted by Crippen LogP contribution is 2.36. The number of aromatic amines is 1. The number of hydrogen-bond donors (Lipinski definition) is 3. The quantitative estimate of drug-likeness (QED) is 0.374. The molecule has 5 rings (SSSR count). The first-order valence-electron chi connectivity index (χ1n) is 12.2. The molecule has 0 radical (unpaired) electrons. The molecule has 2 aliphatic rings. The molecule has 0 saturated carbocycles. The summed E-state index contributed by atoms with van der Waals surface area (Å²) in [5.41, 5.74) is 5.71. The summed E-state index contributed by atoms with van der Waals surface area (Å²) in [7, 11) is -1.44. The van der Waals surface area contributed by atoms with Gasteiger partial charge in [-0.15, -0.1) is 0 Å². The number of carbonyl (C=O) groups excluding carboxylic acids is 2. The van der Waals surface area contributed by atoms with Crippen molar-refractivity contribution in [3.63, 3.8) is 0 Å². The maximum Gasteiger partial charge on any atom is 0.256 e. The van der Waals surface area contributed by atoms with Crippen LogP contribution in [0.4, 0.5) is 5.69 Å². The lowest BCUT2D eigenvalue weighted by Crippen LogP contribution is -2.31. The topological polar surface area (TPSA) is 134 Å². The number of nitrogens with zero attached hydrogens (tertiary/aromatic N) is 1. The van der Waals surface area contributed by atoms with E-state index in [1.807, 2.05) is 13.8 Å². The number of β-amino-alcohol motifs (C(OH)–C–C–N with tert-alkyl or cyclic N) is 1. The summed E-state index contributed by atoms with van der Waals surface area (Å²) in [6.45, 7) is 4.74.